The van der Waals surface area contributed by atoms with Crippen LogP contribution in [0, 0.1) is 0 Å². The number of carbonyl (C=O) groups is 3. The monoisotopic (exact) mass is 460 g/mol. The number of hydrogen-bond acceptors (Lipinski definition) is 3. The van der Waals surface area contributed by atoms with Crippen LogP contribution in [0.1, 0.15) is 60.5 Å². The van der Waals surface area contributed by atoms with E-state index in [1.165, 1.54) is 9.13 Å². The first-order valence-corrected chi connectivity index (χ1v) is 17.1. The van der Waals surface area contributed by atoms with E-state index in [1.54, 1.807) is 0 Å². The van der Waals surface area contributed by atoms with Gasteiger partial charge in [-0.15, -0.1) is 0 Å². The van der Waals surface area contributed by atoms with Gasteiger partial charge in [-0.1, -0.05) is 105 Å². The van der Waals surface area contributed by atoms with Gasteiger partial charge in [0, 0.05) is 0 Å². The van der Waals surface area contributed by atoms with E-state index >= 15 is 0 Å². The standard InChI is InChI=1S/C24H40N2O3Si2/c1-12-24(18-16-14-13-15-17-18)19(27)25(30(8,9)22(2,3)4)21(29)26(20(24)28)31(10,11)23(5,6)7/h13-17H,12H2,1-11H3. The van der Waals surface area contributed by atoms with Crippen molar-refractivity contribution in [3.05, 3.63) is 35.9 Å². The van der Waals surface area contributed by atoms with Gasteiger partial charge in [-0.2, -0.15) is 0 Å². The number of nitrogens with zero attached hydrogens (tertiary/aromatic N) is 2. The van der Waals surface area contributed by atoms with Gasteiger partial charge in [0.1, 0.15) is 0 Å². The van der Waals surface area contributed by atoms with Crippen molar-refractivity contribution in [1.82, 2.24) is 9.13 Å². The van der Waals surface area contributed by atoms with Crippen LogP contribution in [-0.2, 0) is 15.0 Å². The largest absolute Gasteiger partial charge is 0.317 e. The highest BCUT2D eigenvalue weighted by molar-refractivity contribution is 6.86. The lowest BCUT2D eigenvalue weighted by molar-refractivity contribution is -0.147. The topological polar surface area (TPSA) is 57.7 Å². The zero-order valence-electron chi connectivity index (χ0n) is 21.2. The summed E-state index contributed by atoms with van der Waals surface area (Å²) in [7, 11) is -5.23. The number of amides is 4. The van der Waals surface area contributed by atoms with Gasteiger partial charge in [0.25, 0.3) is 0 Å². The molecule has 0 radical (unpaired) electrons. The smallest absolute Gasteiger partial charge is 0.293 e. The fraction of sp³-hybridized carbons (Fsp3) is 0.625. The van der Waals surface area contributed by atoms with E-state index in [0.29, 0.717) is 12.0 Å². The Labute approximate surface area is 190 Å². The summed E-state index contributed by atoms with van der Waals surface area (Å²) in [6.45, 7) is 22.7. The highest BCUT2D eigenvalue weighted by atomic mass is 28.3. The molecule has 0 N–H and O–H groups in total. The van der Waals surface area contributed by atoms with E-state index in [1.807, 2.05) is 37.3 Å². The van der Waals surface area contributed by atoms with Gasteiger partial charge < -0.3 is 0 Å². The Morgan fingerprint density at radius 1 is 0.742 bits per heavy atom. The summed E-state index contributed by atoms with van der Waals surface area (Å²) in [4.78, 5) is 42.5. The average molecular weight is 461 g/mol. The second kappa shape index (κ2) is 7.69. The predicted octanol–water partition coefficient (Wildman–Crippen LogP) is 6.14. The molecule has 0 atom stereocenters. The Hall–Kier alpha value is -1.74. The van der Waals surface area contributed by atoms with E-state index in [9.17, 15) is 14.4 Å². The van der Waals surface area contributed by atoms with E-state index in [-0.39, 0.29) is 21.9 Å². The highest BCUT2D eigenvalue weighted by Gasteiger charge is 2.65. The first kappa shape index (κ1) is 25.5. The molecule has 4 amide bonds. The van der Waals surface area contributed by atoms with Crippen LogP contribution in [0.15, 0.2) is 30.3 Å². The summed E-state index contributed by atoms with van der Waals surface area (Å²) in [5, 5.41) is -0.484. The molecule has 0 aromatic heterocycles. The molecule has 5 nitrogen and oxygen atoms in total. The third kappa shape index (κ3) is 3.63. The van der Waals surface area contributed by atoms with Crippen molar-refractivity contribution in [3.63, 3.8) is 0 Å². The van der Waals surface area contributed by atoms with Crippen molar-refractivity contribution in [2.45, 2.75) is 96.6 Å². The van der Waals surface area contributed by atoms with Crippen LogP contribution in [0.2, 0.25) is 36.3 Å². The molecule has 7 heteroatoms. The molecule has 1 aliphatic heterocycles. The zero-order chi connectivity index (χ0) is 24.2. The predicted molar refractivity (Wildman–Crippen MR) is 132 cm³/mol. The van der Waals surface area contributed by atoms with Gasteiger partial charge >= 0.3 is 6.03 Å². The van der Waals surface area contributed by atoms with Crippen molar-refractivity contribution in [3.8, 4) is 0 Å². The van der Waals surface area contributed by atoms with Crippen LogP contribution in [0.3, 0.4) is 0 Å². The Morgan fingerprint density at radius 2 is 1.10 bits per heavy atom. The van der Waals surface area contributed by atoms with Crippen molar-refractivity contribution in [1.29, 1.82) is 0 Å². The fourth-order valence-corrected chi connectivity index (χ4v) is 7.88. The fourth-order valence-electron chi connectivity index (χ4n) is 3.88. The minimum Gasteiger partial charge on any atom is -0.293 e. The molecule has 1 fully saturated rings. The Bertz CT molecular complexity index is 832. The Kier molecular flexibility index (Phi) is 6.33. The number of hydrogen-bond donors (Lipinski definition) is 0. The molecular weight excluding hydrogens is 420 g/mol. The molecule has 1 saturated heterocycles. The molecule has 0 unspecified atom stereocenters. The number of barbiturate groups is 1. The molecule has 2 rings (SSSR count). The number of carbonyl (C=O) groups excluding carboxylic acids is 3. The third-order valence-corrected chi connectivity index (χ3v) is 18.5. The highest BCUT2D eigenvalue weighted by Crippen LogP contribution is 2.48. The maximum atomic E-state index is 14.2. The molecule has 0 aliphatic carbocycles. The lowest BCUT2D eigenvalue weighted by Gasteiger charge is -2.57. The first-order valence-electron chi connectivity index (χ1n) is 11.2. The average Bonchev–Trinajstić information content (AvgIpc) is 2.61. The molecule has 0 bridgehead atoms. The van der Waals surface area contributed by atoms with Crippen LogP contribution in [0.25, 0.3) is 0 Å². The number of imide groups is 2. The van der Waals surface area contributed by atoms with Gasteiger partial charge in [-0.25, -0.2) is 4.79 Å². The van der Waals surface area contributed by atoms with E-state index in [4.69, 9.17) is 0 Å². The minimum absolute atomic E-state index is 0.242. The van der Waals surface area contributed by atoms with Crippen LogP contribution in [0.5, 0.6) is 0 Å². The summed E-state index contributed by atoms with van der Waals surface area (Å²) >= 11 is 0. The molecule has 31 heavy (non-hydrogen) atoms. The minimum atomic E-state index is -2.61. The molecule has 0 saturated carbocycles. The van der Waals surface area contributed by atoms with Gasteiger partial charge in [0.05, 0.1) is 0 Å². The van der Waals surface area contributed by atoms with Crippen molar-refractivity contribution in [2.24, 2.45) is 0 Å². The lowest BCUT2D eigenvalue weighted by Crippen LogP contribution is -2.78. The molecule has 1 aromatic rings. The van der Waals surface area contributed by atoms with Gasteiger partial charge in [-0.05, 0) is 22.1 Å². The molecular formula is C24H40N2O3Si2. The lowest BCUT2D eigenvalue weighted by atomic mass is 9.75. The van der Waals surface area contributed by atoms with Crippen molar-refractivity contribution >= 4 is 34.3 Å². The summed E-state index contributed by atoms with van der Waals surface area (Å²) in [5.41, 5.74) is -0.701. The van der Waals surface area contributed by atoms with E-state index in [2.05, 4.69) is 67.7 Å². The van der Waals surface area contributed by atoms with Crippen LogP contribution in [0.4, 0.5) is 4.79 Å². The third-order valence-electron chi connectivity index (χ3n) is 8.10. The Balaban J connectivity index is 2.93. The van der Waals surface area contributed by atoms with E-state index < -0.39 is 27.9 Å². The second-order valence-electron chi connectivity index (χ2n) is 11.8. The maximum absolute atomic E-state index is 14.2. The number of benzene rings is 1. The maximum Gasteiger partial charge on any atom is 0.317 e. The number of urea groups is 1. The summed E-state index contributed by atoms with van der Waals surface area (Å²) in [6, 6.07) is 8.89. The van der Waals surface area contributed by atoms with Gasteiger partial charge in [-0.3, -0.25) is 18.7 Å². The second-order valence-corrected chi connectivity index (χ2v) is 21.9. The van der Waals surface area contributed by atoms with Crippen molar-refractivity contribution < 1.29 is 14.4 Å². The molecule has 1 heterocycles. The van der Waals surface area contributed by atoms with Crippen molar-refractivity contribution in [2.75, 3.05) is 0 Å². The summed E-state index contributed by atoms with van der Waals surface area (Å²) in [5.74, 6) is -0.699. The van der Waals surface area contributed by atoms with Gasteiger partial charge in [0.15, 0.2) is 21.9 Å². The van der Waals surface area contributed by atoms with Crippen LogP contribution < -0.4 is 0 Å². The first-order chi connectivity index (χ1) is 13.9. The SMILES string of the molecule is CCC1(c2ccccc2)C(=O)N([Si](C)(C)C(C)(C)C)C(=O)N([Si](C)(C)C(C)(C)C)C1=O. The van der Waals surface area contributed by atoms with E-state index in [0.717, 1.165) is 0 Å². The molecule has 1 aliphatic rings. The molecule has 1 aromatic carbocycles. The Morgan fingerprint density at radius 3 is 1.39 bits per heavy atom. The molecule has 0 spiro atoms. The van der Waals surface area contributed by atoms with Crippen LogP contribution >= 0.6 is 0 Å². The number of rotatable bonds is 4. The normalized spacial score (nSPS) is 18.6. The summed E-state index contributed by atoms with van der Waals surface area (Å²) in [6.07, 6.45) is 0.318. The zero-order valence-corrected chi connectivity index (χ0v) is 23.2. The molecule has 172 valence electrons. The summed E-state index contributed by atoms with van der Waals surface area (Å²) < 4.78 is 3.07. The van der Waals surface area contributed by atoms with Crippen LogP contribution in [-0.4, -0.2) is 43.4 Å². The van der Waals surface area contributed by atoms with Gasteiger partial charge in [0.2, 0.25) is 11.8 Å². The quantitative estimate of drug-likeness (QED) is 0.401.